The number of rotatable bonds is 5. The lowest BCUT2D eigenvalue weighted by Gasteiger charge is -2.47. The van der Waals surface area contributed by atoms with Crippen LogP contribution in [0.2, 0.25) is 0 Å². The number of amides is 2. The minimum atomic E-state index is 0.294. The number of likely N-dealkylation sites (tertiary alicyclic amines) is 2. The molecule has 3 saturated heterocycles. The van der Waals surface area contributed by atoms with Gasteiger partial charge in [-0.05, 0) is 63.3 Å². The molecule has 3 atom stereocenters. The van der Waals surface area contributed by atoms with Crippen molar-refractivity contribution in [2.75, 3.05) is 32.7 Å². The van der Waals surface area contributed by atoms with E-state index in [9.17, 15) is 9.59 Å². The van der Waals surface area contributed by atoms with Gasteiger partial charge in [-0.25, -0.2) is 0 Å². The van der Waals surface area contributed by atoms with Gasteiger partial charge in [0.25, 0.3) is 0 Å². The second-order valence-corrected chi connectivity index (χ2v) is 9.43. The maximum atomic E-state index is 13.0. The van der Waals surface area contributed by atoms with Crippen LogP contribution in [0.25, 0.3) is 0 Å². The minimum absolute atomic E-state index is 0.294. The minimum Gasteiger partial charge on any atom is -0.343 e. The summed E-state index contributed by atoms with van der Waals surface area (Å²) in [4.78, 5) is 29.5. The third kappa shape index (κ3) is 4.67. The largest absolute Gasteiger partial charge is 0.343 e. The Morgan fingerprint density at radius 1 is 0.926 bits per heavy atom. The van der Waals surface area contributed by atoms with E-state index in [4.69, 9.17) is 0 Å². The third-order valence-corrected chi connectivity index (χ3v) is 7.44. The van der Waals surface area contributed by atoms with Crippen molar-refractivity contribution < 1.29 is 9.59 Å². The van der Waals surface area contributed by atoms with E-state index in [2.05, 4.69) is 10.2 Å². The SMILES string of the molecule is O=C(CCCC1NCC2CC1CN(C(=O)C1CCCCC1)C2)N1CCCC1. The Balaban J connectivity index is 1.25. The number of carbonyl (C=O) groups is 2. The number of hydrogen-bond acceptors (Lipinski definition) is 3. The van der Waals surface area contributed by atoms with Gasteiger partial charge >= 0.3 is 0 Å². The van der Waals surface area contributed by atoms with Gasteiger partial charge < -0.3 is 15.1 Å². The number of piperidine rings is 2. The van der Waals surface area contributed by atoms with Gasteiger partial charge in [-0.3, -0.25) is 9.59 Å². The molecule has 1 saturated carbocycles. The second kappa shape index (κ2) is 8.93. The molecular weight excluding hydrogens is 338 g/mol. The van der Waals surface area contributed by atoms with Gasteiger partial charge in [0, 0.05) is 44.6 Å². The average Bonchev–Trinajstić information content (AvgIpc) is 3.24. The van der Waals surface area contributed by atoms with E-state index < -0.39 is 0 Å². The van der Waals surface area contributed by atoms with Gasteiger partial charge in [0.1, 0.15) is 0 Å². The first-order chi connectivity index (χ1) is 13.2. The predicted octanol–water partition coefficient (Wildman–Crippen LogP) is 2.80. The zero-order valence-electron chi connectivity index (χ0n) is 16.8. The first kappa shape index (κ1) is 19.2. The molecule has 0 aromatic heterocycles. The highest BCUT2D eigenvalue weighted by atomic mass is 16.2. The van der Waals surface area contributed by atoms with E-state index in [0.717, 1.165) is 58.4 Å². The summed E-state index contributed by atoms with van der Waals surface area (Å²) in [5.74, 6) is 2.28. The lowest BCUT2D eigenvalue weighted by Crippen LogP contribution is -2.58. The number of carbonyl (C=O) groups excluding carboxylic acids is 2. The normalized spacial score (nSPS) is 31.9. The van der Waals surface area contributed by atoms with Crippen LogP contribution < -0.4 is 5.32 Å². The third-order valence-electron chi connectivity index (χ3n) is 7.44. The van der Waals surface area contributed by atoms with E-state index in [-0.39, 0.29) is 0 Å². The molecule has 4 fully saturated rings. The van der Waals surface area contributed by atoms with Crippen molar-refractivity contribution in [2.45, 2.75) is 76.7 Å². The number of fused-ring (bicyclic) bond motifs is 2. The highest BCUT2D eigenvalue weighted by Crippen LogP contribution is 2.33. The molecule has 1 N–H and O–H groups in total. The van der Waals surface area contributed by atoms with Crippen molar-refractivity contribution in [2.24, 2.45) is 17.8 Å². The lowest BCUT2D eigenvalue weighted by molar-refractivity contribution is -0.140. The van der Waals surface area contributed by atoms with Crippen molar-refractivity contribution in [3.8, 4) is 0 Å². The fraction of sp³-hybridized carbons (Fsp3) is 0.909. The fourth-order valence-corrected chi connectivity index (χ4v) is 5.89. The van der Waals surface area contributed by atoms with Crippen molar-refractivity contribution in [3.05, 3.63) is 0 Å². The van der Waals surface area contributed by atoms with E-state index in [1.54, 1.807) is 0 Å². The molecule has 0 spiro atoms. The van der Waals surface area contributed by atoms with Crippen LogP contribution in [0.1, 0.15) is 70.6 Å². The molecule has 3 heterocycles. The van der Waals surface area contributed by atoms with Crippen LogP contribution >= 0.6 is 0 Å². The quantitative estimate of drug-likeness (QED) is 0.804. The molecule has 3 unspecified atom stereocenters. The van der Waals surface area contributed by atoms with Crippen LogP contribution in [0.15, 0.2) is 0 Å². The molecule has 0 radical (unpaired) electrons. The Morgan fingerprint density at radius 2 is 1.70 bits per heavy atom. The van der Waals surface area contributed by atoms with Gasteiger partial charge in [-0.2, -0.15) is 0 Å². The maximum absolute atomic E-state index is 13.0. The smallest absolute Gasteiger partial charge is 0.225 e. The molecule has 1 aliphatic carbocycles. The summed E-state index contributed by atoms with van der Waals surface area (Å²) in [5, 5.41) is 3.74. The molecule has 0 aromatic rings. The maximum Gasteiger partial charge on any atom is 0.225 e. The van der Waals surface area contributed by atoms with E-state index in [1.807, 2.05) is 4.90 Å². The fourth-order valence-electron chi connectivity index (χ4n) is 5.89. The summed E-state index contributed by atoms with van der Waals surface area (Å²) in [7, 11) is 0. The monoisotopic (exact) mass is 375 g/mol. The molecule has 2 amide bonds. The first-order valence-corrected chi connectivity index (χ1v) is 11.5. The highest BCUT2D eigenvalue weighted by Gasteiger charge is 2.39. The molecule has 27 heavy (non-hydrogen) atoms. The van der Waals surface area contributed by atoms with Gasteiger partial charge in [0.15, 0.2) is 0 Å². The van der Waals surface area contributed by atoms with E-state index >= 15 is 0 Å². The van der Waals surface area contributed by atoms with Crippen molar-refractivity contribution >= 4 is 11.8 Å². The molecule has 5 nitrogen and oxygen atoms in total. The zero-order valence-corrected chi connectivity index (χ0v) is 16.8. The summed E-state index contributed by atoms with van der Waals surface area (Å²) in [5.41, 5.74) is 0. The molecule has 3 aliphatic heterocycles. The van der Waals surface area contributed by atoms with Crippen LogP contribution in [0, 0.1) is 17.8 Å². The standard InChI is InChI=1S/C22H37N3O2/c26-21(24-11-4-5-12-24)10-6-9-20-19-13-17(14-23-20)15-25(16-19)22(27)18-7-2-1-3-8-18/h17-20,23H,1-16H2. The Hall–Kier alpha value is -1.10. The molecule has 4 aliphatic rings. The Bertz CT molecular complexity index is 526. The molecule has 0 aromatic carbocycles. The van der Waals surface area contributed by atoms with E-state index in [1.165, 1.54) is 38.5 Å². The predicted molar refractivity (Wildman–Crippen MR) is 106 cm³/mol. The van der Waals surface area contributed by atoms with Crippen LogP contribution in [0.3, 0.4) is 0 Å². The lowest BCUT2D eigenvalue weighted by atomic mass is 9.78. The van der Waals surface area contributed by atoms with Gasteiger partial charge in [0.2, 0.25) is 11.8 Å². The van der Waals surface area contributed by atoms with E-state index in [0.29, 0.717) is 42.0 Å². The van der Waals surface area contributed by atoms with Gasteiger partial charge in [-0.1, -0.05) is 19.3 Å². The van der Waals surface area contributed by atoms with Crippen molar-refractivity contribution in [3.63, 3.8) is 0 Å². The second-order valence-electron chi connectivity index (χ2n) is 9.43. The van der Waals surface area contributed by atoms with Gasteiger partial charge in [-0.15, -0.1) is 0 Å². The van der Waals surface area contributed by atoms with Crippen molar-refractivity contribution in [1.29, 1.82) is 0 Å². The molecule has 152 valence electrons. The number of hydrogen-bond donors (Lipinski definition) is 1. The molecule has 4 rings (SSSR count). The van der Waals surface area contributed by atoms with Crippen molar-refractivity contribution in [1.82, 2.24) is 15.1 Å². The van der Waals surface area contributed by atoms with Crippen LogP contribution in [0.5, 0.6) is 0 Å². The Morgan fingerprint density at radius 3 is 2.48 bits per heavy atom. The Labute approximate surface area is 164 Å². The summed E-state index contributed by atoms with van der Waals surface area (Å²) in [6.07, 6.45) is 12.3. The zero-order chi connectivity index (χ0) is 18.6. The summed E-state index contributed by atoms with van der Waals surface area (Å²) in [6, 6.07) is 0.481. The van der Waals surface area contributed by atoms with Crippen LogP contribution in [-0.4, -0.2) is 60.4 Å². The molecule has 5 heteroatoms. The highest BCUT2D eigenvalue weighted by molar-refractivity contribution is 5.79. The van der Waals surface area contributed by atoms with Crippen LogP contribution in [-0.2, 0) is 9.59 Å². The Kier molecular flexibility index (Phi) is 6.36. The first-order valence-electron chi connectivity index (χ1n) is 11.5. The topological polar surface area (TPSA) is 52.7 Å². The van der Waals surface area contributed by atoms with Crippen LogP contribution in [0.4, 0.5) is 0 Å². The number of nitrogens with zero attached hydrogens (tertiary/aromatic N) is 2. The van der Waals surface area contributed by atoms with Gasteiger partial charge in [0.05, 0.1) is 0 Å². The molecule has 2 bridgehead atoms. The summed E-state index contributed by atoms with van der Waals surface area (Å²) >= 11 is 0. The average molecular weight is 376 g/mol. The number of nitrogens with one attached hydrogen (secondary N) is 1. The summed E-state index contributed by atoms with van der Waals surface area (Å²) < 4.78 is 0. The molecular formula is C22H37N3O2. The summed E-state index contributed by atoms with van der Waals surface area (Å²) in [6.45, 7) is 4.85.